The van der Waals surface area contributed by atoms with E-state index in [1.54, 1.807) is 12.1 Å². The maximum absolute atomic E-state index is 12.3. The minimum atomic E-state index is -0.390. The number of hydrogen-bond donors (Lipinski definition) is 1. The number of thiazole rings is 1. The summed E-state index contributed by atoms with van der Waals surface area (Å²) in [5.41, 5.74) is 1.81. The fourth-order valence-corrected chi connectivity index (χ4v) is 4.18. The summed E-state index contributed by atoms with van der Waals surface area (Å²) in [5, 5.41) is 14.5. The molecule has 0 aliphatic heterocycles. The van der Waals surface area contributed by atoms with Gasteiger partial charge in [0.2, 0.25) is 5.91 Å². The molecular formula is C18H21N3O3S. The number of anilines is 1. The molecule has 1 aliphatic rings. The van der Waals surface area contributed by atoms with Crippen molar-refractivity contribution in [2.24, 2.45) is 5.92 Å². The van der Waals surface area contributed by atoms with E-state index in [0.717, 1.165) is 41.8 Å². The molecule has 1 fully saturated rings. The van der Waals surface area contributed by atoms with Crippen LogP contribution in [0, 0.1) is 23.0 Å². The van der Waals surface area contributed by atoms with E-state index in [4.69, 9.17) is 0 Å². The average molecular weight is 359 g/mol. The standard InChI is InChI=1S/C18H21N3O3S/c1-12-16(11-13-6-5-9-15(10-13)21(23)24)25-18(19-12)20-17(22)14-7-3-2-4-8-14/h5-6,9-10,14H,2-4,7-8,11H2,1H3,(H,19,20,22). The first-order valence-electron chi connectivity index (χ1n) is 8.53. The number of benzene rings is 1. The van der Waals surface area contributed by atoms with Gasteiger partial charge in [-0.3, -0.25) is 14.9 Å². The zero-order chi connectivity index (χ0) is 17.8. The molecule has 0 spiro atoms. The molecule has 7 heteroatoms. The van der Waals surface area contributed by atoms with Gasteiger partial charge in [-0.05, 0) is 25.3 Å². The predicted octanol–water partition coefficient (Wildman–Crippen LogP) is 4.47. The molecule has 1 heterocycles. The second-order valence-electron chi connectivity index (χ2n) is 6.46. The third kappa shape index (κ3) is 4.42. The summed E-state index contributed by atoms with van der Waals surface area (Å²) in [6.45, 7) is 1.90. The Hall–Kier alpha value is -2.28. The molecule has 0 bridgehead atoms. The number of nitro benzene ring substituents is 1. The third-order valence-corrected chi connectivity index (χ3v) is 5.66. The molecule has 2 aromatic rings. The predicted molar refractivity (Wildman–Crippen MR) is 98.0 cm³/mol. The van der Waals surface area contributed by atoms with Crippen molar-refractivity contribution in [3.63, 3.8) is 0 Å². The van der Waals surface area contributed by atoms with Crippen LogP contribution in [-0.2, 0) is 11.2 Å². The number of hydrogen-bond acceptors (Lipinski definition) is 5. The molecule has 1 aromatic heterocycles. The summed E-state index contributed by atoms with van der Waals surface area (Å²) < 4.78 is 0. The van der Waals surface area contributed by atoms with Crippen LogP contribution in [0.15, 0.2) is 24.3 Å². The van der Waals surface area contributed by atoms with E-state index in [0.29, 0.717) is 11.6 Å². The number of nitro groups is 1. The Morgan fingerprint density at radius 3 is 2.84 bits per heavy atom. The van der Waals surface area contributed by atoms with Crippen molar-refractivity contribution in [1.82, 2.24) is 4.98 Å². The summed E-state index contributed by atoms with van der Waals surface area (Å²) in [6, 6.07) is 6.63. The molecule has 0 saturated heterocycles. The highest BCUT2D eigenvalue weighted by Gasteiger charge is 2.22. The van der Waals surface area contributed by atoms with Crippen LogP contribution in [0.1, 0.15) is 48.2 Å². The Morgan fingerprint density at radius 1 is 1.36 bits per heavy atom. The largest absolute Gasteiger partial charge is 0.302 e. The van der Waals surface area contributed by atoms with Gasteiger partial charge in [-0.15, -0.1) is 11.3 Å². The Morgan fingerprint density at radius 2 is 2.12 bits per heavy atom. The summed E-state index contributed by atoms with van der Waals surface area (Å²) in [6.07, 6.45) is 5.94. The molecule has 25 heavy (non-hydrogen) atoms. The topological polar surface area (TPSA) is 85.1 Å². The van der Waals surface area contributed by atoms with Gasteiger partial charge in [0.15, 0.2) is 5.13 Å². The van der Waals surface area contributed by atoms with Gasteiger partial charge < -0.3 is 5.32 Å². The van der Waals surface area contributed by atoms with E-state index in [2.05, 4.69) is 10.3 Å². The Bertz CT molecular complexity index is 782. The summed E-state index contributed by atoms with van der Waals surface area (Å²) in [4.78, 5) is 28.3. The fourth-order valence-electron chi connectivity index (χ4n) is 3.18. The first kappa shape index (κ1) is 17.5. The van der Waals surface area contributed by atoms with Gasteiger partial charge in [0, 0.05) is 29.3 Å². The molecule has 6 nitrogen and oxygen atoms in total. The van der Waals surface area contributed by atoms with Crippen molar-refractivity contribution < 1.29 is 9.72 Å². The lowest BCUT2D eigenvalue weighted by Crippen LogP contribution is -2.24. The lowest BCUT2D eigenvalue weighted by molar-refractivity contribution is -0.384. The minimum absolute atomic E-state index is 0.0651. The van der Waals surface area contributed by atoms with Gasteiger partial charge in [-0.25, -0.2) is 4.98 Å². The smallest absolute Gasteiger partial charge is 0.269 e. The number of carbonyl (C=O) groups is 1. The van der Waals surface area contributed by atoms with E-state index < -0.39 is 4.92 Å². The van der Waals surface area contributed by atoms with Crippen LogP contribution in [0.25, 0.3) is 0 Å². The highest BCUT2D eigenvalue weighted by atomic mass is 32.1. The number of nitrogens with one attached hydrogen (secondary N) is 1. The highest BCUT2D eigenvalue weighted by Crippen LogP contribution is 2.29. The maximum Gasteiger partial charge on any atom is 0.269 e. The lowest BCUT2D eigenvalue weighted by Gasteiger charge is -2.19. The number of amides is 1. The van der Waals surface area contributed by atoms with Crippen molar-refractivity contribution in [3.8, 4) is 0 Å². The molecule has 132 valence electrons. The quantitative estimate of drug-likeness (QED) is 0.630. The van der Waals surface area contributed by atoms with Crippen LogP contribution < -0.4 is 5.32 Å². The van der Waals surface area contributed by atoms with E-state index in [1.807, 2.05) is 13.0 Å². The molecule has 1 N–H and O–H groups in total. The Balaban J connectivity index is 1.68. The zero-order valence-corrected chi connectivity index (χ0v) is 15.0. The van der Waals surface area contributed by atoms with E-state index >= 15 is 0 Å². The average Bonchev–Trinajstić information content (AvgIpc) is 2.95. The SMILES string of the molecule is Cc1nc(NC(=O)C2CCCCC2)sc1Cc1cccc([N+](=O)[O-])c1. The van der Waals surface area contributed by atoms with Gasteiger partial charge in [-0.1, -0.05) is 31.4 Å². The normalized spacial score (nSPS) is 15.1. The van der Waals surface area contributed by atoms with Crippen LogP contribution >= 0.6 is 11.3 Å². The maximum atomic E-state index is 12.3. The number of aryl methyl sites for hydroxylation is 1. The lowest BCUT2D eigenvalue weighted by atomic mass is 9.89. The van der Waals surface area contributed by atoms with E-state index in [-0.39, 0.29) is 17.5 Å². The molecule has 1 aromatic carbocycles. The summed E-state index contributed by atoms with van der Waals surface area (Å²) in [7, 11) is 0. The van der Waals surface area contributed by atoms with Gasteiger partial charge in [-0.2, -0.15) is 0 Å². The first-order valence-corrected chi connectivity index (χ1v) is 9.35. The zero-order valence-electron chi connectivity index (χ0n) is 14.2. The number of rotatable bonds is 5. The van der Waals surface area contributed by atoms with Gasteiger partial charge in [0.25, 0.3) is 5.69 Å². The summed E-state index contributed by atoms with van der Waals surface area (Å²) >= 11 is 1.45. The van der Waals surface area contributed by atoms with Crippen molar-refractivity contribution in [2.75, 3.05) is 5.32 Å². The Labute approximate surface area is 150 Å². The molecule has 1 aliphatic carbocycles. The fraction of sp³-hybridized carbons (Fsp3) is 0.444. The van der Waals surface area contributed by atoms with Gasteiger partial charge >= 0.3 is 0 Å². The van der Waals surface area contributed by atoms with Crippen molar-refractivity contribution in [3.05, 3.63) is 50.5 Å². The van der Waals surface area contributed by atoms with Crippen LogP contribution in [0.5, 0.6) is 0 Å². The number of nitrogens with zero attached hydrogens (tertiary/aromatic N) is 2. The molecule has 0 atom stereocenters. The second-order valence-corrected chi connectivity index (χ2v) is 7.54. The van der Waals surface area contributed by atoms with Gasteiger partial charge in [0.05, 0.1) is 10.6 Å². The number of carbonyl (C=O) groups excluding carboxylic acids is 1. The van der Waals surface area contributed by atoms with E-state index in [9.17, 15) is 14.9 Å². The van der Waals surface area contributed by atoms with Gasteiger partial charge in [0.1, 0.15) is 0 Å². The number of non-ortho nitro benzene ring substituents is 1. The van der Waals surface area contributed by atoms with Crippen LogP contribution in [-0.4, -0.2) is 15.8 Å². The molecule has 1 saturated carbocycles. The molecule has 0 unspecified atom stereocenters. The summed E-state index contributed by atoms with van der Waals surface area (Å²) in [5.74, 6) is 0.161. The number of aromatic nitrogens is 1. The van der Waals surface area contributed by atoms with Crippen LogP contribution in [0.2, 0.25) is 0 Å². The van der Waals surface area contributed by atoms with Crippen molar-refractivity contribution in [2.45, 2.75) is 45.4 Å². The van der Waals surface area contributed by atoms with Crippen LogP contribution in [0.3, 0.4) is 0 Å². The third-order valence-electron chi connectivity index (χ3n) is 4.58. The molecule has 1 amide bonds. The monoisotopic (exact) mass is 359 g/mol. The highest BCUT2D eigenvalue weighted by molar-refractivity contribution is 7.15. The molecule has 0 radical (unpaired) electrons. The van der Waals surface area contributed by atoms with Crippen LogP contribution in [0.4, 0.5) is 10.8 Å². The second kappa shape index (κ2) is 7.74. The van der Waals surface area contributed by atoms with Crippen molar-refractivity contribution >= 4 is 28.1 Å². The first-order chi connectivity index (χ1) is 12.0. The Kier molecular flexibility index (Phi) is 5.43. The van der Waals surface area contributed by atoms with Crippen molar-refractivity contribution in [1.29, 1.82) is 0 Å². The van der Waals surface area contributed by atoms with E-state index in [1.165, 1.54) is 23.8 Å². The minimum Gasteiger partial charge on any atom is -0.302 e. The molecule has 3 rings (SSSR count). The molecular weight excluding hydrogens is 338 g/mol.